The van der Waals surface area contributed by atoms with Gasteiger partial charge in [0.15, 0.2) is 30.6 Å². The number of allylic oxidation sites excluding steroid dienone is 4. The molecular weight excluding hydrogens is 608 g/mol. The Balaban J connectivity index is 1.95. The molecule has 0 aliphatic heterocycles. The van der Waals surface area contributed by atoms with Crippen molar-refractivity contribution in [2.45, 2.75) is 123 Å². The van der Waals surface area contributed by atoms with Crippen molar-refractivity contribution in [2.24, 2.45) is 38.9 Å². The van der Waals surface area contributed by atoms with E-state index in [0.29, 0.717) is 13.0 Å². The third-order valence-electron chi connectivity index (χ3n) is 10.6. The molecule has 0 N–H and O–H groups in total. The van der Waals surface area contributed by atoms with Crippen LogP contribution in [0.4, 0.5) is 4.39 Å². The van der Waals surface area contributed by atoms with Gasteiger partial charge in [0.1, 0.15) is 31.2 Å². The summed E-state index contributed by atoms with van der Waals surface area (Å²) in [6.07, 6.45) is 8.32. The average Bonchev–Trinajstić information content (AvgIpc) is 3.07. The smallest absolute Gasteiger partial charge is 0.185 e. The molecule has 250 valence electrons. The molecule has 44 heavy (non-hydrogen) atoms. The van der Waals surface area contributed by atoms with Crippen molar-refractivity contribution >= 4 is 36.4 Å². The molecule has 8 atom stereocenters. The maximum Gasteiger partial charge on any atom is 0.185 e. The Labute approximate surface area is 269 Å². The number of hydrogen-bond acceptors (Lipinski definition) is 7. The maximum atomic E-state index is 18.9. The van der Waals surface area contributed by atoms with E-state index in [-0.39, 0.29) is 17.8 Å². The van der Waals surface area contributed by atoms with E-state index in [4.69, 9.17) is 28.1 Å². The van der Waals surface area contributed by atoms with Gasteiger partial charge in [-0.15, -0.1) is 0 Å². The lowest BCUT2D eigenvalue weighted by atomic mass is 9.44. The zero-order valence-corrected chi connectivity index (χ0v) is 32.9. The summed E-state index contributed by atoms with van der Waals surface area (Å²) in [5.41, 5.74) is -1.02. The summed E-state index contributed by atoms with van der Waals surface area (Å²) in [6, 6.07) is 0. The van der Waals surface area contributed by atoms with E-state index in [9.17, 15) is 0 Å². The number of nitrogens with zero attached hydrogens (tertiary/aromatic N) is 2. The van der Waals surface area contributed by atoms with Gasteiger partial charge in [-0.2, -0.15) is 0 Å². The Hall–Kier alpha value is -1.12. The summed E-state index contributed by atoms with van der Waals surface area (Å²) in [5, 5.41) is 8.89. The zero-order chi connectivity index (χ0) is 33.1. The SMILES string of the molecule is CO/N=C(/CO[Si](C)(C)C)[C@@]1(O[Si](C)(C)C)[C@H](C)CC2C3CCC4=C/C(=N/OC)C=CC4(C)[C@@]3(F)C(O[Si](C)(C)C)CC21C. The van der Waals surface area contributed by atoms with Crippen LogP contribution in [-0.2, 0) is 23.0 Å². The number of hydrogen-bond donors (Lipinski definition) is 0. The largest absolute Gasteiger partial charge is 0.412 e. The Morgan fingerprint density at radius 2 is 1.61 bits per heavy atom. The molecule has 0 aromatic rings. The van der Waals surface area contributed by atoms with Crippen LogP contribution in [0.1, 0.15) is 46.5 Å². The minimum absolute atomic E-state index is 0.0649. The van der Waals surface area contributed by atoms with Crippen molar-refractivity contribution in [3.05, 3.63) is 23.8 Å². The van der Waals surface area contributed by atoms with Gasteiger partial charge in [0.25, 0.3) is 0 Å². The van der Waals surface area contributed by atoms with Crippen molar-refractivity contribution in [3.8, 4) is 0 Å². The molecule has 0 spiro atoms. The van der Waals surface area contributed by atoms with Gasteiger partial charge in [-0.1, -0.05) is 35.8 Å². The highest BCUT2D eigenvalue weighted by atomic mass is 28.4. The number of fused-ring (bicyclic) bond motifs is 5. The van der Waals surface area contributed by atoms with Crippen molar-refractivity contribution < 1.29 is 27.3 Å². The minimum atomic E-state index is -2.19. The van der Waals surface area contributed by atoms with Gasteiger partial charge in [-0.3, -0.25) is 0 Å². The van der Waals surface area contributed by atoms with Crippen LogP contribution in [0.5, 0.6) is 0 Å². The molecule has 0 aromatic carbocycles. The van der Waals surface area contributed by atoms with Crippen LogP contribution in [0.2, 0.25) is 58.9 Å². The highest BCUT2D eigenvalue weighted by Gasteiger charge is 2.76. The molecular formula is C33H59FN2O5Si3. The van der Waals surface area contributed by atoms with Gasteiger partial charge in [0.2, 0.25) is 0 Å². The minimum Gasteiger partial charge on any atom is -0.412 e. The standard InChI is InChI=1S/C33H59FN2O5Si3/c1-23-19-27-26-16-15-24-20-25(35-37-4)17-18-30(24,2)32(26,34)29(40-43(9,10)11)21-31(27,3)33(23,41-44(12,13)14)28(36-38-5)22-39-42(6,7)8/h17-18,20,23,26-27,29H,15-16,19,21-22H2,1-14H3/b35-25+,36-28-/t23-,26?,27?,29?,30?,31?,32+,33+/m1/s1. The Morgan fingerprint density at radius 1 is 0.955 bits per heavy atom. The molecule has 3 fully saturated rings. The molecule has 3 saturated carbocycles. The fourth-order valence-electron chi connectivity index (χ4n) is 9.19. The fourth-order valence-corrected chi connectivity index (χ4v) is 12.4. The van der Waals surface area contributed by atoms with Crippen LogP contribution in [0.3, 0.4) is 0 Å². The first-order valence-corrected chi connectivity index (χ1v) is 26.6. The highest BCUT2D eigenvalue weighted by Crippen LogP contribution is 2.72. The predicted octanol–water partition coefficient (Wildman–Crippen LogP) is 8.34. The fraction of sp³-hybridized carbons (Fsp3) is 0.818. The normalized spacial score (nSPS) is 40.3. The van der Waals surface area contributed by atoms with E-state index < -0.39 is 53.2 Å². The van der Waals surface area contributed by atoms with E-state index in [1.165, 1.54) is 0 Å². The molecule has 0 heterocycles. The van der Waals surface area contributed by atoms with Crippen LogP contribution in [0, 0.1) is 28.6 Å². The van der Waals surface area contributed by atoms with Crippen LogP contribution in [0.15, 0.2) is 34.1 Å². The topological polar surface area (TPSA) is 70.9 Å². The molecule has 0 radical (unpaired) electrons. The summed E-state index contributed by atoms with van der Waals surface area (Å²) in [5.74, 6) is -0.0630. The molecule has 4 aliphatic carbocycles. The van der Waals surface area contributed by atoms with E-state index in [1.807, 2.05) is 18.2 Å². The van der Waals surface area contributed by atoms with Gasteiger partial charge in [0.05, 0.1) is 12.7 Å². The first-order valence-electron chi connectivity index (χ1n) is 16.4. The molecule has 0 aromatic heterocycles. The molecule has 0 saturated heterocycles. The van der Waals surface area contributed by atoms with Gasteiger partial charge in [-0.25, -0.2) is 4.39 Å². The zero-order valence-electron chi connectivity index (χ0n) is 29.9. The van der Waals surface area contributed by atoms with Crippen LogP contribution in [-0.4, -0.2) is 74.6 Å². The predicted molar refractivity (Wildman–Crippen MR) is 185 cm³/mol. The molecule has 0 amide bonds. The lowest BCUT2D eigenvalue weighted by molar-refractivity contribution is -0.201. The number of oxime groups is 2. The third-order valence-corrected chi connectivity index (χ3v) is 13.5. The van der Waals surface area contributed by atoms with E-state index in [1.54, 1.807) is 14.2 Å². The summed E-state index contributed by atoms with van der Waals surface area (Å²) < 4.78 is 39.9. The molecule has 7 nitrogen and oxygen atoms in total. The van der Waals surface area contributed by atoms with Crippen LogP contribution >= 0.6 is 0 Å². The van der Waals surface area contributed by atoms with E-state index in [2.05, 4.69) is 84.9 Å². The van der Waals surface area contributed by atoms with E-state index in [0.717, 1.165) is 36.3 Å². The Bertz CT molecular complexity index is 1220. The molecule has 5 unspecified atom stereocenters. The van der Waals surface area contributed by atoms with Crippen LogP contribution < -0.4 is 0 Å². The molecule has 11 heteroatoms. The van der Waals surface area contributed by atoms with Gasteiger partial charge >= 0.3 is 0 Å². The first kappa shape index (κ1) is 35.7. The third kappa shape index (κ3) is 6.03. The Kier molecular flexibility index (Phi) is 9.62. The van der Waals surface area contributed by atoms with Crippen molar-refractivity contribution in [2.75, 3.05) is 20.8 Å². The second-order valence-electron chi connectivity index (χ2n) is 17.0. The van der Waals surface area contributed by atoms with Gasteiger partial charge in [-0.05, 0) is 116 Å². The van der Waals surface area contributed by atoms with E-state index >= 15 is 4.39 Å². The van der Waals surface area contributed by atoms with Crippen LogP contribution in [0.25, 0.3) is 0 Å². The van der Waals surface area contributed by atoms with Crippen molar-refractivity contribution in [3.63, 3.8) is 0 Å². The second kappa shape index (κ2) is 11.8. The monoisotopic (exact) mass is 666 g/mol. The number of alkyl halides is 1. The Morgan fingerprint density at radius 3 is 2.16 bits per heavy atom. The van der Waals surface area contributed by atoms with Crippen molar-refractivity contribution in [1.82, 2.24) is 0 Å². The quantitative estimate of drug-likeness (QED) is 0.133. The average molecular weight is 667 g/mol. The highest BCUT2D eigenvalue weighted by molar-refractivity contribution is 6.70. The summed E-state index contributed by atoms with van der Waals surface area (Å²) in [4.78, 5) is 10.6. The summed E-state index contributed by atoms with van der Waals surface area (Å²) >= 11 is 0. The lowest BCUT2D eigenvalue weighted by Crippen LogP contribution is -2.72. The number of rotatable bonds is 10. The molecule has 4 rings (SSSR count). The number of halogens is 1. The summed E-state index contributed by atoms with van der Waals surface area (Å²) in [7, 11) is -3.10. The van der Waals surface area contributed by atoms with Gasteiger partial charge in [0, 0.05) is 16.7 Å². The first-order chi connectivity index (χ1) is 20.1. The maximum absolute atomic E-state index is 18.9. The summed E-state index contributed by atoms with van der Waals surface area (Å²) in [6.45, 7) is 26.9. The lowest BCUT2D eigenvalue weighted by Gasteiger charge is -2.65. The second-order valence-corrected chi connectivity index (χ2v) is 30.4. The van der Waals surface area contributed by atoms with Crippen molar-refractivity contribution in [1.29, 1.82) is 0 Å². The van der Waals surface area contributed by atoms with Gasteiger partial charge < -0.3 is 23.0 Å². The molecule has 0 bridgehead atoms. The molecule has 4 aliphatic rings.